The fraction of sp³-hybridized carbons (Fsp3) is 0.500. The van der Waals surface area contributed by atoms with Crippen LogP contribution in [0, 0.1) is 19.8 Å². The second-order valence-electron chi connectivity index (χ2n) is 9.92. The molecule has 0 aliphatic carbocycles. The second kappa shape index (κ2) is 13.8. The minimum Gasteiger partial charge on any atom is -0.354 e. The number of carbonyl (C=O) groups is 2. The summed E-state index contributed by atoms with van der Waals surface area (Å²) in [5, 5.41) is 3.54. The normalized spacial score (nSPS) is 12.3. The molecule has 2 amide bonds. The summed E-state index contributed by atoms with van der Waals surface area (Å²) in [6.07, 6.45) is 2.06. The molecule has 0 unspecified atom stereocenters. The Morgan fingerprint density at radius 1 is 1.03 bits per heavy atom. The molecule has 1 atom stereocenters. The molecule has 0 aliphatic heterocycles. The summed E-state index contributed by atoms with van der Waals surface area (Å²) in [5.41, 5.74) is 3.51. The molecule has 0 fully saturated rings. The van der Waals surface area contributed by atoms with Gasteiger partial charge in [-0.3, -0.25) is 13.9 Å². The molecule has 0 spiro atoms. The average molecular weight is 550 g/mol. The second-order valence-corrected chi connectivity index (χ2v) is 12.3. The molecule has 0 saturated carbocycles. The van der Waals surface area contributed by atoms with Gasteiger partial charge in [-0.15, -0.1) is 0 Å². The van der Waals surface area contributed by atoms with Crippen molar-refractivity contribution in [3.8, 4) is 0 Å². The molecule has 2 aromatic carbocycles. The number of anilines is 1. The predicted octanol–water partition coefficient (Wildman–Crippen LogP) is 5.08. The highest BCUT2D eigenvalue weighted by Gasteiger charge is 2.29. The number of nitrogens with one attached hydrogen (secondary N) is 1. The van der Waals surface area contributed by atoms with Gasteiger partial charge >= 0.3 is 0 Å². The lowest BCUT2D eigenvalue weighted by atomic mass is 10.1. The van der Waals surface area contributed by atoms with E-state index in [1.54, 1.807) is 23.1 Å². The van der Waals surface area contributed by atoms with E-state index < -0.39 is 16.1 Å². The van der Waals surface area contributed by atoms with Crippen molar-refractivity contribution in [3.63, 3.8) is 0 Å². The predicted molar refractivity (Wildman–Crippen MR) is 151 cm³/mol. The molecule has 2 rings (SSSR count). The summed E-state index contributed by atoms with van der Waals surface area (Å²) in [6, 6.07) is 12.1. The van der Waals surface area contributed by atoms with Gasteiger partial charge in [0.2, 0.25) is 21.8 Å². The third kappa shape index (κ3) is 9.34. The monoisotopic (exact) mass is 549 g/mol. The average Bonchev–Trinajstić information content (AvgIpc) is 2.82. The Balaban J connectivity index is 2.22. The highest BCUT2D eigenvalue weighted by molar-refractivity contribution is 7.92. The van der Waals surface area contributed by atoms with E-state index in [0.717, 1.165) is 16.7 Å². The molecule has 7 nitrogen and oxygen atoms in total. The van der Waals surface area contributed by atoms with Crippen molar-refractivity contribution in [1.29, 1.82) is 0 Å². The van der Waals surface area contributed by atoms with Crippen LogP contribution < -0.4 is 9.62 Å². The lowest BCUT2D eigenvalue weighted by Crippen LogP contribution is -2.49. The van der Waals surface area contributed by atoms with Gasteiger partial charge in [0.05, 0.1) is 11.9 Å². The SMILES string of the molecule is CC[C@H](C(=O)NCC(C)C)N(Cc1ccc(Cl)cc1)C(=O)CCCN(c1ccc(C)c(C)c1)S(C)(=O)=O. The molecule has 9 heteroatoms. The number of aryl methyl sites for hydroxylation is 2. The maximum atomic E-state index is 13.5. The molecule has 0 saturated heterocycles. The van der Waals surface area contributed by atoms with Crippen LogP contribution in [-0.4, -0.2) is 50.5 Å². The van der Waals surface area contributed by atoms with Gasteiger partial charge in [-0.05, 0) is 73.6 Å². The minimum absolute atomic E-state index is 0.110. The van der Waals surface area contributed by atoms with Crippen molar-refractivity contribution in [3.05, 3.63) is 64.2 Å². The van der Waals surface area contributed by atoms with Crippen LogP contribution in [0.15, 0.2) is 42.5 Å². The van der Waals surface area contributed by atoms with E-state index in [4.69, 9.17) is 11.6 Å². The molecule has 0 radical (unpaired) electrons. The maximum Gasteiger partial charge on any atom is 0.242 e. The van der Waals surface area contributed by atoms with E-state index in [1.165, 1.54) is 10.6 Å². The van der Waals surface area contributed by atoms with Crippen LogP contribution in [0.5, 0.6) is 0 Å². The Hall–Kier alpha value is -2.58. The van der Waals surface area contributed by atoms with Crippen LogP contribution in [0.3, 0.4) is 0 Å². The molecule has 0 bridgehead atoms. The van der Waals surface area contributed by atoms with Crippen LogP contribution in [-0.2, 0) is 26.2 Å². The van der Waals surface area contributed by atoms with Crippen molar-refractivity contribution in [2.45, 2.75) is 66.5 Å². The first-order chi connectivity index (χ1) is 17.3. The molecular weight excluding hydrogens is 510 g/mol. The molecule has 204 valence electrons. The number of nitrogens with zero attached hydrogens (tertiary/aromatic N) is 2. The van der Waals surface area contributed by atoms with Crippen LogP contribution >= 0.6 is 11.6 Å². The Kier molecular flexibility index (Phi) is 11.4. The van der Waals surface area contributed by atoms with Gasteiger partial charge in [-0.2, -0.15) is 0 Å². The molecule has 0 aromatic heterocycles. The van der Waals surface area contributed by atoms with Crippen molar-refractivity contribution in [2.75, 3.05) is 23.7 Å². The summed E-state index contributed by atoms with van der Waals surface area (Å²) < 4.78 is 26.4. The van der Waals surface area contributed by atoms with Gasteiger partial charge in [0.1, 0.15) is 6.04 Å². The van der Waals surface area contributed by atoms with E-state index in [1.807, 2.05) is 58.9 Å². The third-order valence-electron chi connectivity index (χ3n) is 6.27. The van der Waals surface area contributed by atoms with E-state index in [2.05, 4.69) is 5.32 Å². The first-order valence-corrected chi connectivity index (χ1v) is 14.9. The number of carbonyl (C=O) groups excluding carboxylic acids is 2. The van der Waals surface area contributed by atoms with Crippen LogP contribution in [0.2, 0.25) is 5.02 Å². The minimum atomic E-state index is -3.54. The fourth-order valence-electron chi connectivity index (χ4n) is 4.01. The third-order valence-corrected chi connectivity index (χ3v) is 7.71. The molecular formula is C28H40ClN3O4S. The Labute approximate surface area is 227 Å². The summed E-state index contributed by atoms with van der Waals surface area (Å²) in [6.45, 7) is 10.8. The number of rotatable bonds is 13. The largest absolute Gasteiger partial charge is 0.354 e. The quantitative estimate of drug-likeness (QED) is 0.377. The fourth-order valence-corrected chi connectivity index (χ4v) is 5.10. The van der Waals surface area contributed by atoms with Gasteiger partial charge in [0.25, 0.3) is 0 Å². The number of amides is 2. The summed E-state index contributed by atoms with van der Waals surface area (Å²) >= 11 is 6.03. The maximum absolute atomic E-state index is 13.5. The van der Waals surface area contributed by atoms with Crippen molar-refractivity contribution in [2.24, 2.45) is 5.92 Å². The van der Waals surface area contributed by atoms with Gasteiger partial charge in [0, 0.05) is 31.1 Å². The lowest BCUT2D eigenvalue weighted by molar-refractivity contribution is -0.141. The Morgan fingerprint density at radius 2 is 1.68 bits per heavy atom. The molecule has 37 heavy (non-hydrogen) atoms. The molecule has 1 N–H and O–H groups in total. The standard InChI is InChI=1S/C28H40ClN3O4S/c1-7-26(28(34)30-18-20(2)3)31(19-23-11-13-24(29)14-12-23)27(33)9-8-16-32(37(6,35)36)25-15-10-21(4)22(5)17-25/h10-15,17,20,26H,7-9,16,18-19H2,1-6H3,(H,30,34)/t26-/m1/s1. The van der Waals surface area contributed by atoms with Crippen LogP contribution in [0.4, 0.5) is 5.69 Å². The first kappa shape index (κ1) is 30.6. The van der Waals surface area contributed by atoms with Gasteiger partial charge in [-0.25, -0.2) is 8.42 Å². The summed E-state index contributed by atoms with van der Waals surface area (Å²) in [5.74, 6) is -0.101. The number of benzene rings is 2. The first-order valence-electron chi connectivity index (χ1n) is 12.7. The van der Waals surface area contributed by atoms with Gasteiger partial charge in [-0.1, -0.05) is 50.6 Å². The molecule has 0 heterocycles. The number of halogens is 1. The van der Waals surface area contributed by atoms with E-state index in [9.17, 15) is 18.0 Å². The molecule has 2 aromatic rings. The van der Waals surface area contributed by atoms with E-state index in [-0.39, 0.29) is 37.2 Å². The summed E-state index contributed by atoms with van der Waals surface area (Å²) in [7, 11) is -3.54. The van der Waals surface area contributed by atoms with Crippen molar-refractivity contribution in [1.82, 2.24) is 10.2 Å². The summed E-state index contributed by atoms with van der Waals surface area (Å²) in [4.78, 5) is 28.1. The van der Waals surface area contributed by atoms with E-state index >= 15 is 0 Å². The Bertz CT molecular complexity index is 1170. The van der Waals surface area contributed by atoms with Crippen LogP contribution in [0.25, 0.3) is 0 Å². The molecule has 0 aliphatic rings. The highest BCUT2D eigenvalue weighted by Crippen LogP contribution is 2.22. The topological polar surface area (TPSA) is 86.8 Å². The van der Waals surface area contributed by atoms with Crippen molar-refractivity contribution >= 4 is 39.1 Å². The Morgan fingerprint density at radius 3 is 2.22 bits per heavy atom. The lowest BCUT2D eigenvalue weighted by Gasteiger charge is -2.31. The van der Waals surface area contributed by atoms with Gasteiger partial charge in [0.15, 0.2) is 0 Å². The zero-order chi connectivity index (χ0) is 27.8. The number of sulfonamides is 1. The number of hydrogen-bond donors (Lipinski definition) is 1. The van der Waals surface area contributed by atoms with Crippen LogP contribution in [0.1, 0.15) is 56.7 Å². The number of hydrogen-bond acceptors (Lipinski definition) is 4. The zero-order valence-corrected chi connectivity index (χ0v) is 24.3. The van der Waals surface area contributed by atoms with E-state index in [0.29, 0.717) is 30.1 Å². The van der Waals surface area contributed by atoms with Crippen molar-refractivity contribution < 1.29 is 18.0 Å². The van der Waals surface area contributed by atoms with Gasteiger partial charge < -0.3 is 10.2 Å². The highest BCUT2D eigenvalue weighted by atomic mass is 35.5. The zero-order valence-electron chi connectivity index (χ0n) is 22.8. The smallest absolute Gasteiger partial charge is 0.242 e.